The predicted molar refractivity (Wildman–Crippen MR) is 85.2 cm³/mol. The van der Waals surface area contributed by atoms with Crippen LogP contribution in [0.15, 0.2) is 0 Å². The van der Waals surface area contributed by atoms with E-state index in [1.54, 1.807) is 13.8 Å². The van der Waals surface area contributed by atoms with Gasteiger partial charge in [-0.1, -0.05) is 6.92 Å². The molecule has 1 amide bonds. The molecule has 0 radical (unpaired) electrons. The molecule has 1 aliphatic rings. The van der Waals surface area contributed by atoms with Gasteiger partial charge in [0, 0.05) is 6.54 Å². The van der Waals surface area contributed by atoms with E-state index in [-0.39, 0.29) is 30.7 Å². The van der Waals surface area contributed by atoms with Crippen molar-refractivity contribution in [2.75, 3.05) is 26.2 Å². The molecule has 1 heterocycles. The van der Waals surface area contributed by atoms with Gasteiger partial charge >= 0.3 is 0 Å². The first-order valence-corrected chi connectivity index (χ1v) is 6.73. The number of nitrogens with one attached hydrogen (secondary N) is 1. The average Bonchev–Trinajstić information content (AvgIpc) is 2.28. The van der Waals surface area contributed by atoms with Crippen molar-refractivity contribution >= 4 is 30.7 Å². The second kappa shape index (κ2) is 9.81. The minimum atomic E-state index is -0.758. The summed E-state index contributed by atoms with van der Waals surface area (Å²) in [6, 6.07) is 0. The predicted octanol–water partition coefficient (Wildman–Crippen LogP) is 1.81. The largest absolute Gasteiger partial charge is 0.355 e. The lowest BCUT2D eigenvalue weighted by molar-refractivity contribution is -0.125. The summed E-state index contributed by atoms with van der Waals surface area (Å²) in [6.45, 7) is 10.0. The van der Waals surface area contributed by atoms with E-state index < -0.39 is 5.54 Å². The van der Waals surface area contributed by atoms with E-state index in [9.17, 15) is 4.79 Å². The van der Waals surface area contributed by atoms with Crippen LogP contribution in [0.2, 0.25) is 0 Å². The molecule has 116 valence electrons. The van der Waals surface area contributed by atoms with E-state index in [2.05, 4.69) is 17.1 Å². The maximum Gasteiger partial charge on any atom is 0.239 e. The zero-order valence-electron chi connectivity index (χ0n) is 12.3. The second-order valence-corrected chi connectivity index (χ2v) is 5.64. The second-order valence-electron chi connectivity index (χ2n) is 5.64. The molecule has 4 nitrogen and oxygen atoms in total. The molecule has 19 heavy (non-hydrogen) atoms. The Morgan fingerprint density at radius 1 is 1.32 bits per heavy atom. The van der Waals surface area contributed by atoms with Crippen molar-refractivity contribution < 1.29 is 4.79 Å². The Labute approximate surface area is 129 Å². The van der Waals surface area contributed by atoms with Crippen molar-refractivity contribution in [3.63, 3.8) is 0 Å². The molecule has 0 unspecified atom stereocenters. The molecule has 1 aliphatic heterocycles. The van der Waals surface area contributed by atoms with Crippen LogP contribution in [0.25, 0.3) is 0 Å². The normalized spacial score (nSPS) is 17.3. The third kappa shape index (κ3) is 7.98. The van der Waals surface area contributed by atoms with Crippen molar-refractivity contribution in [1.29, 1.82) is 0 Å². The number of carbonyl (C=O) groups is 1. The molecule has 0 aromatic rings. The van der Waals surface area contributed by atoms with Crippen LogP contribution in [0.5, 0.6) is 0 Å². The minimum Gasteiger partial charge on any atom is -0.355 e. The molecule has 1 fully saturated rings. The van der Waals surface area contributed by atoms with Crippen molar-refractivity contribution in [3.05, 3.63) is 0 Å². The molecule has 6 heteroatoms. The maximum absolute atomic E-state index is 11.6. The third-order valence-corrected chi connectivity index (χ3v) is 3.58. The topological polar surface area (TPSA) is 58.4 Å². The van der Waals surface area contributed by atoms with Gasteiger partial charge in [0.15, 0.2) is 0 Å². The molecule has 0 aromatic carbocycles. The lowest BCUT2D eigenvalue weighted by Gasteiger charge is -2.31. The summed E-state index contributed by atoms with van der Waals surface area (Å²) < 4.78 is 0. The molecular formula is C13H29Cl2N3O. The van der Waals surface area contributed by atoms with Gasteiger partial charge in [0.05, 0.1) is 5.54 Å². The zero-order valence-corrected chi connectivity index (χ0v) is 13.9. The van der Waals surface area contributed by atoms with E-state index in [0.29, 0.717) is 0 Å². The lowest BCUT2D eigenvalue weighted by atomic mass is 9.93. The first kappa shape index (κ1) is 21.3. The van der Waals surface area contributed by atoms with Gasteiger partial charge < -0.3 is 16.0 Å². The Hall–Kier alpha value is -0.0300. The van der Waals surface area contributed by atoms with Crippen molar-refractivity contribution in [3.8, 4) is 0 Å². The summed E-state index contributed by atoms with van der Waals surface area (Å²) in [5.74, 6) is 0.711. The molecule has 0 saturated carbocycles. The molecule has 1 saturated heterocycles. The summed E-state index contributed by atoms with van der Waals surface area (Å²) >= 11 is 0. The van der Waals surface area contributed by atoms with E-state index in [1.807, 2.05) is 0 Å². The van der Waals surface area contributed by atoms with Crippen LogP contribution in [0.1, 0.15) is 40.0 Å². The highest BCUT2D eigenvalue weighted by Gasteiger charge is 2.22. The maximum atomic E-state index is 11.6. The molecule has 1 rings (SSSR count). The summed E-state index contributed by atoms with van der Waals surface area (Å²) in [4.78, 5) is 14.0. The van der Waals surface area contributed by atoms with Gasteiger partial charge in [0.25, 0.3) is 0 Å². The number of carbonyl (C=O) groups excluding carboxylic acids is 1. The van der Waals surface area contributed by atoms with Gasteiger partial charge in [-0.25, -0.2) is 0 Å². The smallest absolute Gasteiger partial charge is 0.239 e. The number of hydrogen-bond acceptors (Lipinski definition) is 3. The fraction of sp³-hybridized carbons (Fsp3) is 0.923. The van der Waals surface area contributed by atoms with Crippen molar-refractivity contribution in [2.24, 2.45) is 11.7 Å². The Morgan fingerprint density at radius 2 is 1.84 bits per heavy atom. The van der Waals surface area contributed by atoms with Crippen LogP contribution >= 0.6 is 24.8 Å². The van der Waals surface area contributed by atoms with Crippen LogP contribution < -0.4 is 11.1 Å². The van der Waals surface area contributed by atoms with E-state index in [0.717, 1.165) is 25.4 Å². The van der Waals surface area contributed by atoms with E-state index in [1.165, 1.54) is 25.9 Å². The average molecular weight is 314 g/mol. The van der Waals surface area contributed by atoms with Gasteiger partial charge in [-0.2, -0.15) is 0 Å². The van der Waals surface area contributed by atoms with Gasteiger partial charge in [0.1, 0.15) is 0 Å². The first-order chi connectivity index (χ1) is 7.93. The van der Waals surface area contributed by atoms with Crippen LogP contribution in [-0.4, -0.2) is 42.5 Å². The van der Waals surface area contributed by atoms with Crippen molar-refractivity contribution in [1.82, 2.24) is 10.2 Å². The summed E-state index contributed by atoms with van der Waals surface area (Å²) in [5, 5.41) is 2.92. The fourth-order valence-corrected chi connectivity index (χ4v) is 2.21. The minimum absolute atomic E-state index is 0. The summed E-state index contributed by atoms with van der Waals surface area (Å²) in [6.07, 6.45) is 3.60. The number of amides is 1. The van der Waals surface area contributed by atoms with Gasteiger partial charge in [-0.15, -0.1) is 24.8 Å². The molecule has 0 aliphatic carbocycles. The highest BCUT2D eigenvalue weighted by molar-refractivity contribution is 5.85. The number of nitrogens with zero attached hydrogens (tertiary/aromatic N) is 1. The van der Waals surface area contributed by atoms with Crippen molar-refractivity contribution in [2.45, 2.75) is 45.6 Å². The van der Waals surface area contributed by atoms with Gasteiger partial charge in [-0.05, 0) is 58.7 Å². The highest BCUT2D eigenvalue weighted by atomic mass is 35.5. The number of piperidine rings is 1. The zero-order chi connectivity index (χ0) is 12.9. The summed E-state index contributed by atoms with van der Waals surface area (Å²) in [5.41, 5.74) is 4.96. The molecule has 3 N–H and O–H groups in total. The third-order valence-electron chi connectivity index (χ3n) is 3.58. The Bertz CT molecular complexity index is 249. The first-order valence-electron chi connectivity index (χ1n) is 6.73. The molecule has 0 spiro atoms. The fourth-order valence-electron chi connectivity index (χ4n) is 2.21. The Balaban J connectivity index is 0. The van der Waals surface area contributed by atoms with Crippen LogP contribution in [0.4, 0.5) is 0 Å². The molecule has 0 bridgehead atoms. The van der Waals surface area contributed by atoms with Crippen LogP contribution in [0.3, 0.4) is 0 Å². The number of hydrogen-bond donors (Lipinski definition) is 2. The Morgan fingerprint density at radius 3 is 2.26 bits per heavy atom. The molecule has 0 aromatic heterocycles. The quantitative estimate of drug-likeness (QED) is 0.813. The molecular weight excluding hydrogens is 285 g/mol. The molecule has 0 atom stereocenters. The lowest BCUT2D eigenvalue weighted by Crippen LogP contribution is -2.49. The number of nitrogens with two attached hydrogens (primary N) is 1. The number of halogens is 2. The SMILES string of the molecule is CCN1CCC(CCNC(=O)C(C)(C)N)CC1.Cl.Cl. The standard InChI is InChI=1S/C13H27N3O.2ClH/c1-4-16-9-6-11(7-10-16)5-8-15-12(17)13(2,3)14;;/h11H,4-10,14H2,1-3H3,(H,15,17);2*1H. The van der Waals surface area contributed by atoms with Gasteiger partial charge in [0.2, 0.25) is 5.91 Å². The van der Waals surface area contributed by atoms with Crippen LogP contribution in [-0.2, 0) is 4.79 Å². The van der Waals surface area contributed by atoms with E-state index >= 15 is 0 Å². The number of likely N-dealkylation sites (tertiary alicyclic amines) is 1. The van der Waals surface area contributed by atoms with Gasteiger partial charge in [-0.3, -0.25) is 4.79 Å². The monoisotopic (exact) mass is 313 g/mol. The van der Waals surface area contributed by atoms with E-state index in [4.69, 9.17) is 5.73 Å². The number of rotatable bonds is 5. The summed E-state index contributed by atoms with van der Waals surface area (Å²) in [7, 11) is 0. The highest BCUT2D eigenvalue weighted by Crippen LogP contribution is 2.19. The Kier molecular flexibility index (Phi) is 11.0. The van der Waals surface area contributed by atoms with Crippen LogP contribution in [0, 0.1) is 5.92 Å².